The fraction of sp³-hybridized carbons (Fsp3) is 0.154. The summed E-state index contributed by atoms with van der Waals surface area (Å²) in [6.07, 6.45) is 0. The zero-order valence-corrected chi connectivity index (χ0v) is 18.4. The third kappa shape index (κ3) is 4.39. The predicted octanol–water partition coefficient (Wildman–Crippen LogP) is 5.51. The molecule has 7 nitrogen and oxygen atoms in total. The molecular formula is C26H22O7. The predicted molar refractivity (Wildman–Crippen MR) is 122 cm³/mol. The van der Waals surface area contributed by atoms with Crippen LogP contribution >= 0.6 is 0 Å². The molecule has 0 unspecified atom stereocenters. The number of ether oxygens (including phenoxy) is 4. The van der Waals surface area contributed by atoms with Crippen LogP contribution in [0, 0.1) is 0 Å². The van der Waals surface area contributed by atoms with Gasteiger partial charge in [-0.05, 0) is 43.3 Å². The van der Waals surface area contributed by atoms with Gasteiger partial charge in [-0.2, -0.15) is 0 Å². The van der Waals surface area contributed by atoms with Gasteiger partial charge in [-0.15, -0.1) is 0 Å². The van der Waals surface area contributed by atoms with E-state index in [-0.39, 0.29) is 23.5 Å². The summed E-state index contributed by atoms with van der Waals surface area (Å²) in [6, 6.07) is 18.9. The van der Waals surface area contributed by atoms with Crippen LogP contribution in [0.2, 0.25) is 0 Å². The second-order valence-corrected chi connectivity index (χ2v) is 7.01. The van der Waals surface area contributed by atoms with E-state index in [4.69, 9.17) is 23.4 Å². The van der Waals surface area contributed by atoms with Crippen LogP contribution in [0.3, 0.4) is 0 Å². The van der Waals surface area contributed by atoms with E-state index in [1.807, 2.05) is 30.3 Å². The van der Waals surface area contributed by atoms with Gasteiger partial charge in [0.05, 0.1) is 26.4 Å². The first-order chi connectivity index (χ1) is 16.0. The SMILES string of the molecule is CCOC(=O)c1c(-c2ccccc2)oc2ccc(OC(=O)c3ccc(OC)c(OC)c3)cc12. The van der Waals surface area contributed by atoms with Crippen LogP contribution in [-0.4, -0.2) is 32.8 Å². The Balaban J connectivity index is 1.72. The van der Waals surface area contributed by atoms with E-state index in [1.54, 1.807) is 37.3 Å². The smallest absolute Gasteiger partial charge is 0.343 e. The van der Waals surface area contributed by atoms with Gasteiger partial charge >= 0.3 is 11.9 Å². The average Bonchev–Trinajstić information content (AvgIpc) is 3.23. The summed E-state index contributed by atoms with van der Waals surface area (Å²) < 4.78 is 27.3. The van der Waals surface area contributed by atoms with Crippen LogP contribution in [0.1, 0.15) is 27.6 Å². The molecule has 0 aliphatic heterocycles. The van der Waals surface area contributed by atoms with Crippen LogP contribution in [-0.2, 0) is 4.74 Å². The lowest BCUT2D eigenvalue weighted by atomic mass is 10.1. The molecule has 0 N–H and O–H groups in total. The summed E-state index contributed by atoms with van der Waals surface area (Å²) >= 11 is 0. The van der Waals surface area contributed by atoms with Crippen molar-refractivity contribution in [3.63, 3.8) is 0 Å². The molecule has 168 valence electrons. The minimum atomic E-state index is -0.584. The van der Waals surface area contributed by atoms with Gasteiger partial charge in [0.15, 0.2) is 11.5 Å². The van der Waals surface area contributed by atoms with Crippen LogP contribution in [0.15, 0.2) is 71.1 Å². The molecule has 4 aromatic rings. The normalized spacial score (nSPS) is 10.6. The highest BCUT2D eigenvalue weighted by molar-refractivity contribution is 6.09. The lowest BCUT2D eigenvalue weighted by Crippen LogP contribution is -2.09. The topological polar surface area (TPSA) is 84.2 Å². The van der Waals surface area contributed by atoms with Gasteiger partial charge in [0, 0.05) is 10.9 Å². The van der Waals surface area contributed by atoms with Gasteiger partial charge in [-0.3, -0.25) is 0 Å². The Morgan fingerprint density at radius 1 is 0.848 bits per heavy atom. The number of fused-ring (bicyclic) bond motifs is 1. The Bertz CT molecular complexity index is 1310. The molecule has 0 atom stereocenters. The quantitative estimate of drug-likeness (QED) is 0.273. The number of hydrogen-bond acceptors (Lipinski definition) is 7. The number of esters is 2. The number of methoxy groups -OCH3 is 2. The van der Waals surface area contributed by atoms with E-state index in [2.05, 4.69) is 0 Å². The summed E-state index contributed by atoms with van der Waals surface area (Å²) in [5.74, 6) is 0.467. The van der Waals surface area contributed by atoms with E-state index in [0.29, 0.717) is 28.2 Å². The zero-order chi connectivity index (χ0) is 23.4. The van der Waals surface area contributed by atoms with Crippen molar-refractivity contribution in [1.29, 1.82) is 0 Å². The van der Waals surface area contributed by atoms with Crippen LogP contribution < -0.4 is 14.2 Å². The van der Waals surface area contributed by atoms with Crippen molar-refractivity contribution >= 4 is 22.9 Å². The first kappa shape index (κ1) is 22.0. The van der Waals surface area contributed by atoms with E-state index in [0.717, 1.165) is 5.56 Å². The molecule has 33 heavy (non-hydrogen) atoms. The molecule has 0 saturated heterocycles. The highest BCUT2D eigenvalue weighted by Crippen LogP contribution is 2.36. The highest BCUT2D eigenvalue weighted by Gasteiger charge is 2.24. The molecule has 3 aromatic carbocycles. The van der Waals surface area contributed by atoms with Crippen molar-refractivity contribution in [3.8, 4) is 28.6 Å². The monoisotopic (exact) mass is 446 g/mol. The molecule has 0 saturated carbocycles. The van der Waals surface area contributed by atoms with Crippen molar-refractivity contribution < 1.29 is 33.0 Å². The third-order valence-electron chi connectivity index (χ3n) is 5.00. The molecule has 0 amide bonds. The second-order valence-electron chi connectivity index (χ2n) is 7.01. The Labute approximate surface area is 190 Å². The van der Waals surface area contributed by atoms with Crippen molar-refractivity contribution in [2.75, 3.05) is 20.8 Å². The fourth-order valence-corrected chi connectivity index (χ4v) is 3.47. The molecule has 1 heterocycles. The Morgan fingerprint density at radius 3 is 2.30 bits per heavy atom. The Kier molecular flexibility index (Phi) is 6.31. The zero-order valence-electron chi connectivity index (χ0n) is 18.4. The van der Waals surface area contributed by atoms with Crippen molar-refractivity contribution in [3.05, 3.63) is 77.9 Å². The number of carbonyl (C=O) groups is 2. The van der Waals surface area contributed by atoms with Gasteiger partial charge in [0.1, 0.15) is 22.7 Å². The number of hydrogen-bond donors (Lipinski definition) is 0. The lowest BCUT2D eigenvalue weighted by molar-refractivity contribution is 0.0528. The summed E-state index contributed by atoms with van der Waals surface area (Å²) in [7, 11) is 3.00. The largest absolute Gasteiger partial charge is 0.493 e. The Morgan fingerprint density at radius 2 is 1.61 bits per heavy atom. The van der Waals surface area contributed by atoms with Gasteiger partial charge in [0.2, 0.25) is 0 Å². The summed E-state index contributed by atoms with van der Waals surface area (Å²) in [5, 5.41) is 0.491. The summed E-state index contributed by atoms with van der Waals surface area (Å²) in [5.41, 5.74) is 1.78. The fourth-order valence-electron chi connectivity index (χ4n) is 3.47. The summed E-state index contributed by atoms with van der Waals surface area (Å²) in [4.78, 5) is 25.5. The van der Waals surface area contributed by atoms with Crippen molar-refractivity contribution in [1.82, 2.24) is 0 Å². The van der Waals surface area contributed by atoms with E-state index < -0.39 is 11.9 Å². The average molecular weight is 446 g/mol. The van der Waals surface area contributed by atoms with Crippen molar-refractivity contribution in [2.45, 2.75) is 6.92 Å². The second kappa shape index (κ2) is 9.48. The maximum absolute atomic E-state index is 12.8. The molecule has 7 heteroatoms. The minimum absolute atomic E-state index is 0.216. The molecule has 4 rings (SSSR count). The van der Waals surface area contributed by atoms with Gasteiger partial charge in [-0.25, -0.2) is 9.59 Å². The van der Waals surface area contributed by atoms with E-state index in [9.17, 15) is 9.59 Å². The van der Waals surface area contributed by atoms with Gasteiger partial charge in [0.25, 0.3) is 0 Å². The molecular weight excluding hydrogens is 424 g/mol. The van der Waals surface area contributed by atoms with E-state index in [1.165, 1.54) is 20.3 Å². The lowest BCUT2D eigenvalue weighted by Gasteiger charge is -2.09. The molecule has 0 spiro atoms. The molecule has 0 radical (unpaired) electrons. The van der Waals surface area contributed by atoms with Gasteiger partial charge in [-0.1, -0.05) is 30.3 Å². The number of benzene rings is 3. The first-order valence-electron chi connectivity index (χ1n) is 10.3. The summed E-state index contributed by atoms with van der Waals surface area (Å²) in [6.45, 7) is 1.95. The molecule has 0 fully saturated rings. The third-order valence-corrected chi connectivity index (χ3v) is 5.00. The highest BCUT2D eigenvalue weighted by atomic mass is 16.5. The standard InChI is InChI=1S/C26H22O7/c1-4-31-26(28)23-19-15-18(11-13-20(19)33-24(23)16-8-6-5-7-9-16)32-25(27)17-10-12-21(29-2)22(14-17)30-3/h5-15H,4H2,1-3H3. The maximum atomic E-state index is 12.8. The van der Waals surface area contributed by atoms with Gasteiger partial charge < -0.3 is 23.4 Å². The maximum Gasteiger partial charge on any atom is 0.343 e. The van der Waals surface area contributed by atoms with Crippen LogP contribution in [0.25, 0.3) is 22.3 Å². The minimum Gasteiger partial charge on any atom is -0.493 e. The molecule has 0 bridgehead atoms. The number of carbonyl (C=O) groups excluding carboxylic acids is 2. The molecule has 0 aliphatic carbocycles. The van der Waals surface area contributed by atoms with E-state index >= 15 is 0 Å². The van der Waals surface area contributed by atoms with Crippen LogP contribution in [0.4, 0.5) is 0 Å². The number of rotatable bonds is 7. The first-order valence-corrected chi connectivity index (χ1v) is 10.3. The van der Waals surface area contributed by atoms with Crippen molar-refractivity contribution in [2.24, 2.45) is 0 Å². The number of furan rings is 1. The molecule has 0 aliphatic rings. The Hall–Kier alpha value is -4.26. The van der Waals surface area contributed by atoms with Crippen LogP contribution in [0.5, 0.6) is 17.2 Å². The molecule has 1 aromatic heterocycles.